The van der Waals surface area contributed by atoms with E-state index in [9.17, 15) is 4.39 Å². The predicted octanol–water partition coefficient (Wildman–Crippen LogP) is 14.3. The van der Waals surface area contributed by atoms with Gasteiger partial charge in [-0.2, -0.15) is 0 Å². The molecule has 0 aliphatic heterocycles. The van der Waals surface area contributed by atoms with Crippen LogP contribution in [0.5, 0.6) is 0 Å². The SMILES string of the molecule is CC1(C)c2cc(F)ccc2-c2c1cc(-c1c3ccccc3c(-c3c4ccccc4c(-c4ccccc4)c4ccccc34)c3ccccc13)c1cccnc21. The van der Waals surface area contributed by atoms with Gasteiger partial charge in [-0.15, -0.1) is 0 Å². The van der Waals surface area contributed by atoms with E-state index in [4.69, 9.17) is 4.98 Å². The van der Waals surface area contributed by atoms with Crippen LogP contribution in [0.4, 0.5) is 4.39 Å². The van der Waals surface area contributed by atoms with Crippen LogP contribution in [-0.4, -0.2) is 4.98 Å². The number of halogens is 1. The summed E-state index contributed by atoms with van der Waals surface area (Å²) in [6.07, 6.45) is 1.88. The highest BCUT2D eigenvalue weighted by Crippen LogP contribution is 2.55. The van der Waals surface area contributed by atoms with Crippen LogP contribution in [0.3, 0.4) is 0 Å². The van der Waals surface area contributed by atoms with Gasteiger partial charge in [0.05, 0.1) is 5.52 Å². The first kappa shape index (κ1) is 30.9. The van der Waals surface area contributed by atoms with Crippen LogP contribution >= 0.6 is 0 Å². The van der Waals surface area contributed by atoms with Gasteiger partial charge in [-0.25, -0.2) is 4.39 Å². The summed E-state index contributed by atoms with van der Waals surface area (Å²) in [6, 6.07) is 58.3. The molecule has 1 aliphatic rings. The lowest BCUT2D eigenvalue weighted by atomic mass is 9.78. The van der Waals surface area contributed by atoms with Gasteiger partial charge in [0.2, 0.25) is 0 Å². The Morgan fingerprint density at radius 2 is 0.852 bits per heavy atom. The predicted molar refractivity (Wildman–Crippen MR) is 226 cm³/mol. The van der Waals surface area contributed by atoms with Crippen molar-refractivity contribution >= 4 is 54.0 Å². The largest absolute Gasteiger partial charge is 0.256 e. The Morgan fingerprint density at radius 3 is 1.39 bits per heavy atom. The van der Waals surface area contributed by atoms with E-state index in [0.29, 0.717) is 0 Å². The van der Waals surface area contributed by atoms with Gasteiger partial charge < -0.3 is 0 Å². The highest BCUT2D eigenvalue weighted by molar-refractivity contribution is 6.31. The Labute approximate surface area is 313 Å². The molecule has 1 nitrogen and oxygen atoms in total. The first-order chi connectivity index (χ1) is 26.5. The molecule has 1 aliphatic carbocycles. The van der Waals surface area contributed by atoms with Crippen LogP contribution in [0.1, 0.15) is 25.0 Å². The number of hydrogen-bond donors (Lipinski definition) is 0. The molecule has 0 spiro atoms. The van der Waals surface area contributed by atoms with Gasteiger partial charge in [-0.3, -0.25) is 4.98 Å². The minimum absolute atomic E-state index is 0.212. The summed E-state index contributed by atoms with van der Waals surface area (Å²) < 4.78 is 14.8. The maximum absolute atomic E-state index is 14.8. The Morgan fingerprint density at radius 1 is 0.389 bits per heavy atom. The van der Waals surface area contributed by atoms with Crippen LogP contribution in [0.15, 0.2) is 170 Å². The van der Waals surface area contributed by atoms with E-state index in [2.05, 4.69) is 153 Å². The zero-order chi connectivity index (χ0) is 36.1. The molecule has 54 heavy (non-hydrogen) atoms. The second-order valence-corrected chi connectivity index (χ2v) is 15.1. The fourth-order valence-electron chi connectivity index (χ4n) is 9.61. The molecular formula is C52H34FN. The van der Waals surface area contributed by atoms with Crippen LogP contribution in [-0.2, 0) is 5.41 Å². The molecule has 0 amide bonds. The molecule has 11 rings (SSSR count). The molecular weight excluding hydrogens is 658 g/mol. The monoisotopic (exact) mass is 691 g/mol. The summed E-state index contributed by atoms with van der Waals surface area (Å²) in [6.45, 7) is 4.43. The van der Waals surface area contributed by atoms with Crippen molar-refractivity contribution in [1.82, 2.24) is 4.98 Å². The highest BCUT2D eigenvalue weighted by Gasteiger charge is 2.38. The second kappa shape index (κ2) is 11.4. The summed E-state index contributed by atoms with van der Waals surface area (Å²) in [5.74, 6) is -0.212. The number of aromatic nitrogens is 1. The number of benzene rings is 9. The van der Waals surface area contributed by atoms with Crippen molar-refractivity contribution in [1.29, 1.82) is 0 Å². The summed E-state index contributed by atoms with van der Waals surface area (Å²) >= 11 is 0. The first-order valence-corrected chi connectivity index (χ1v) is 18.7. The van der Waals surface area contributed by atoms with E-state index < -0.39 is 5.41 Å². The number of hydrogen-bond acceptors (Lipinski definition) is 1. The van der Waals surface area contributed by atoms with Crippen LogP contribution in [0, 0.1) is 5.82 Å². The zero-order valence-electron chi connectivity index (χ0n) is 30.0. The molecule has 1 heterocycles. The Hall–Kier alpha value is -6.64. The van der Waals surface area contributed by atoms with Gasteiger partial charge in [0.15, 0.2) is 0 Å². The van der Waals surface area contributed by atoms with E-state index >= 15 is 0 Å². The summed E-state index contributed by atoms with van der Waals surface area (Å²) in [5, 5.41) is 10.8. The highest BCUT2D eigenvalue weighted by atomic mass is 19.1. The summed E-state index contributed by atoms with van der Waals surface area (Å²) in [5.41, 5.74) is 12.2. The molecule has 0 fully saturated rings. The molecule has 0 radical (unpaired) electrons. The molecule has 2 heteroatoms. The molecule has 1 aromatic heterocycles. The molecule has 0 saturated heterocycles. The van der Waals surface area contributed by atoms with Gasteiger partial charge in [0, 0.05) is 22.6 Å². The average Bonchev–Trinajstić information content (AvgIpc) is 3.44. The summed E-state index contributed by atoms with van der Waals surface area (Å²) in [7, 11) is 0. The fourth-order valence-corrected chi connectivity index (χ4v) is 9.61. The van der Waals surface area contributed by atoms with Gasteiger partial charge in [0.25, 0.3) is 0 Å². The van der Waals surface area contributed by atoms with Crippen molar-refractivity contribution in [3.05, 3.63) is 187 Å². The Kier molecular flexibility index (Phi) is 6.55. The fraction of sp³-hybridized carbons (Fsp3) is 0.0577. The molecule has 0 atom stereocenters. The lowest BCUT2D eigenvalue weighted by Gasteiger charge is -2.25. The van der Waals surface area contributed by atoms with Gasteiger partial charge in [0.1, 0.15) is 5.82 Å². The number of nitrogens with zero attached hydrogens (tertiary/aromatic N) is 1. The zero-order valence-corrected chi connectivity index (χ0v) is 30.0. The topological polar surface area (TPSA) is 12.9 Å². The van der Waals surface area contributed by atoms with Gasteiger partial charge in [-0.05, 0) is 117 Å². The maximum Gasteiger partial charge on any atom is 0.123 e. The molecule has 9 aromatic carbocycles. The lowest BCUT2D eigenvalue weighted by molar-refractivity contribution is 0.609. The van der Waals surface area contributed by atoms with E-state index in [1.807, 2.05) is 18.3 Å². The average molecular weight is 692 g/mol. The van der Waals surface area contributed by atoms with Crippen molar-refractivity contribution in [2.75, 3.05) is 0 Å². The number of pyridine rings is 1. The Balaban J connectivity index is 1.30. The Bertz CT molecular complexity index is 3080. The van der Waals surface area contributed by atoms with Crippen molar-refractivity contribution in [2.24, 2.45) is 0 Å². The van der Waals surface area contributed by atoms with Gasteiger partial charge >= 0.3 is 0 Å². The van der Waals surface area contributed by atoms with Crippen LogP contribution < -0.4 is 0 Å². The van der Waals surface area contributed by atoms with Crippen molar-refractivity contribution in [3.63, 3.8) is 0 Å². The molecule has 254 valence electrons. The minimum atomic E-state index is -0.406. The quantitative estimate of drug-likeness (QED) is 0.168. The normalized spacial score (nSPS) is 13.2. The first-order valence-electron chi connectivity index (χ1n) is 18.7. The van der Waals surface area contributed by atoms with Crippen molar-refractivity contribution in [2.45, 2.75) is 19.3 Å². The minimum Gasteiger partial charge on any atom is -0.256 e. The standard InChI is InChI=1S/C52H34FN/c1-52(2)44-29-32(53)26-27-42(44)50-45(52)30-43(41-25-14-28-54-51(41)50)47-35-19-8-12-23-39(35)49(40-24-13-9-20-36(40)47)48-37-21-10-6-17-33(37)46(31-15-4-3-5-16-31)34-18-7-11-22-38(34)48/h3-30H,1-2H3. The summed E-state index contributed by atoms with van der Waals surface area (Å²) in [4.78, 5) is 5.06. The molecule has 10 aromatic rings. The van der Waals surface area contributed by atoms with Crippen LogP contribution in [0.25, 0.3) is 98.5 Å². The second-order valence-electron chi connectivity index (χ2n) is 15.1. The van der Waals surface area contributed by atoms with E-state index in [-0.39, 0.29) is 5.82 Å². The molecule has 0 saturated carbocycles. The van der Waals surface area contributed by atoms with E-state index in [1.165, 1.54) is 76.5 Å². The number of fused-ring (bicyclic) bond motifs is 9. The smallest absolute Gasteiger partial charge is 0.123 e. The third kappa shape index (κ3) is 4.22. The molecule has 0 bridgehead atoms. The third-order valence-electron chi connectivity index (χ3n) is 11.9. The molecule has 0 N–H and O–H groups in total. The van der Waals surface area contributed by atoms with Crippen LogP contribution in [0.2, 0.25) is 0 Å². The van der Waals surface area contributed by atoms with Gasteiger partial charge in [-0.1, -0.05) is 153 Å². The maximum atomic E-state index is 14.8. The van der Waals surface area contributed by atoms with Crippen molar-refractivity contribution < 1.29 is 4.39 Å². The molecule has 0 unspecified atom stereocenters. The number of rotatable bonds is 3. The lowest BCUT2D eigenvalue weighted by Crippen LogP contribution is -2.15. The van der Waals surface area contributed by atoms with Crippen molar-refractivity contribution in [3.8, 4) is 44.5 Å². The van der Waals surface area contributed by atoms with E-state index in [0.717, 1.165) is 33.2 Å². The van der Waals surface area contributed by atoms with E-state index in [1.54, 1.807) is 12.1 Å². The third-order valence-corrected chi connectivity index (χ3v) is 11.9.